The minimum Gasteiger partial charge on any atom is -0.393 e. The molecule has 1 fully saturated rings. The molecule has 0 spiro atoms. The van der Waals surface area contributed by atoms with Gasteiger partial charge in [0.25, 0.3) is 0 Å². The van der Waals surface area contributed by atoms with Crippen molar-refractivity contribution in [3.05, 3.63) is 0 Å². The van der Waals surface area contributed by atoms with Crippen LogP contribution in [0.1, 0.15) is 26.2 Å². The van der Waals surface area contributed by atoms with E-state index < -0.39 is 0 Å². The summed E-state index contributed by atoms with van der Waals surface area (Å²) in [5, 5.41) is 15.1. The van der Waals surface area contributed by atoms with Crippen molar-refractivity contribution in [3.63, 3.8) is 0 Å². The van der Waals surface area contributed by atoms with Gasteiger partial charge in [0, 0.05) is 26.3 Å². The molecule has 0 bridgehead atoms. The van der Waals surface area contributed by atoms with E-state index in [-0.39, 0.29) is 24.1 Å². The maximum absolute atomic E-state index is 11.6. The first-order valence-electron chi connectivity index (χ1n) is 5.84. The molecule has 0 aromatic carbocycles. The Hall–Kier alpha value is -0.650. The van der Waals surface area contributed by atoms with E-state index in [9.17, 15) is 4.79 Å². The van der Waals surface area contributed by atoms with Gasteiger partial charge in [0.15, 0.2) is 0 Å². The number of amides is 1. The van der Waals surface area contributed by atoms with Crippen molar-refractivity contribution < 1.29 is 14.6 Å². The zero-order chi connectivity index (χ0) is 12.0. The number of aliphatic hydroxyl groups is 1. The van der Waals surface area contributed by atoms with Crippen LogP contribution in [0.2, 0.25) is 0 Å². The van der Waals surface area contributed by atoms with Gasteiger partial charge in [-0.15, -0.1) is 0 Å². The number of methoxy groups -OCH3 is 1. The minimum absolute atomic E-state index is 0.0116. The van der Waals surface area contributed by atoms with E-state index in [1.54, 1.807) is 7.11 Å². The Bertz CT molecular complexity index is 217. The SMILES string of the molecule is COCCCNC(=O)C(C)NC1CC(O)C1. The minimum atomic E-state index is -0.194. The van der Waals surface area contributed by atoms with Gasteiger partial charge in [-0.1, -0.05) is 0 Å². The molecule has 0 heterocycles. The van der Waals surface area contributed by atoms with Gasteiger partial charge < -0.3 is 20.5 Å². The van der Waals surface area contributed by atoms with Crippen molar-refractivity contribution >= 4 is 5.91 Å². The Kier molecular flexibility index (Phi) is 5.73. The second-order valence-corrected chi connectivity index (χ2v) is 4.35. The monoisotopic (exact) mass is 230 g/mol. The predicted molar refractivity (Wildman–Crippen MR) is 61.1 cm³/mol. The van der Waals surface area contributed by atoms with Crippen LogP contribution in [0.25, 0.3) is 0 Å². The highest BCUT2D eigenvalue weighted by Gasteiger charge is 2.29. The van der Waals surface area contributed by atoms with Crippen LogP contribution in [0.5, 0.6) is 0 Å². The molecule has 1 aliphatic rings. The van der Waals surface area contributed by atoms with E-state index >= 15 is 0 Å². The summed E-state index contributed by atoms with van der Waals surface area (Å²) in [6.07, 6.45) is 2.15. The summed E-state index contributed by atoms with van der Waals surface area (Å²) in [6.45, 7) is 3.15. The summed E-state index contributed by atoms with van der Waals surface area (Å²) in [4.78, 5) is 11.6. The van der Waals surface area contributed by atoms with E-state index in [2.05, 4.69) is 10.6 Å². The number of hydrogen-bond donors (Lipinski definition) is 3. The Morgan fingerprint density at radius 3 is 2.81 bits per heavy atom. The van der Waals surface area contributed by atoms with E-state index in [0.29, 0.717) is 13.2 Å². The quantitative estimate of drug-likeness (QED) is 0.522. The first-order valence-corrected chi connectivity index (χ1v) is 5.84. The fraction of sp³-hybridized carbons (Fsp3) is 0.909. The summed E-state index contributed by atoms with van der Waals surface area (Å²) in [5.74, 6) is 0.0116. The van der Waals surface area contributed by atoms with Crippen molar-refractivity contribution in [1.82, 2.24) is 10.6 Å². The highest BCUT2D eigenvalue weighted by atomic mass is 16.5. The number of hydrogen-bond acceptors (Lipinski definition) is 4. The van der Waals surface area contributed by atoms with Crippen LogP contribution < -0.4 is 10.6 Å². The molecule has 1 amide bonds. The Labute approximate surface area is 96.6 Å². The van der Waals surface area contributed by atoms with Crippen LogP contribution in [-0.2, 0) is 9.53 Å². The van der Waals surface area contributed by atoms with Gasteiger partial charge in [0.05, 0.1) is 12.1 Å². The van der Waals surface area contributed by atoms with Crippen molar-refractivity contribution in [1.29, 1.82) is 0 Å². The van der Waals surface area contributed by atoms with Crippen molar-refractivity contribution in [2.45, 2.75) is 44.4 Å². The van der Waals surface area contributed by atoms with E-state index in [1.807, 2.05) is 6.92 Å². The smallest absolute Gasteiger partial charge is 0.236 e. The normalized spacial score (nSPS) is 25.9. The lowest BCUT2D eigenvalue weighted by Gasteiger charge is -2.34. The van der Waals surface area contributed by atoms with Gasteiger partial charge in [-0.3, -0.25) is 4.79 Å². The molecule has 1 atom stereocenters. The van der Waals surface area contributed by atoms with Gasteiger partial charge >= 0.3 is 0 Å². The molecule has 1 rings (SSSR count). The fourth-order valence-corrected chi connectivity index (χ4v) is 1.73. The molecule has 94 valence electrons. The molecule has 0 aromatic rings. The molecule has 0 aromatic heterocycles. The third kappa shape index (κ3) is 4.47. The van der Waals surface area contributed by atoms with Crippen molar-refractivity contribution in [3.8, 4) is 0 Å². The molecule has 0 aliphatic heterocycles. The second-order valence-electron chi connectivity index (χ2n) is 4.35. The first-order chi connectivity index (χ1) is 7.63. The summed E-state index contributed by atoms with van der Waals surface area (Å²) >= 11 is 0. The largest absolute Gasteiger partial charge is 0.393 e. The van der Waals surface area contributed by atoms with Crippen molar-refractivity contribution in [2.24, 2.45) is 0 Å². The third-order valence-corrected chi connectivity index (χ3v) is 2.82. The Balaban J connectivity index is 2.06. The molecule has 1 aliphatic carbocycles. The second kappa shape index (κ2) is 6.83. The summed E-state index contributed by atoms with van der Waals surface area (Å²) in [6, 6.07) is 0.0924. The lowest BCUT2D eigenvalue weighted by molar-refractivity contribution is -0.123. The molecule has 0 radical (unpaired) electrons. The zero-order valence-corrected chi connectivity index (χ0v) is 10.0. The topological polar surface area (TPSA) is 70.6 Å². The molecular formula is C11H22N2O3. The third-order valence-electron chi connectivity index (χ3n) is 2.82. The summed E-state index contributed by atoms with van der Waals surface area (Å²) in [7, 11) is 1.65. The number of rotatable bonds is 7. The van der Waals surface area contributed by atoms with Crippen LogP contribution in [0.15, 0.2) is 0 Å². The molecule has 5 nitrogen and oxygen atoms in total. The molecule has 3 N–H and O–H groups in total. The summed E-state index contributed by atoms with van der Waals surface area (Å²) < 4.78 is 4.89. The van der Waals surface area contributed by atoms with Gasteiger partial charge in [0.2, 0.25) is 5.91 Å². The van der Waals surface area contributed by atoms with E-state index in [0.717, 1.165) is 19.3 Å². The molecule has 1 saturated carbocycles. The molecular weight excluding hydrogens is 208 g/mol. The van der Waals surface area contributed by atoms with E-state index in [1.165, 1.54) is 0 Å². The number of nitrogens with one attached hydrogen (secondary N) is 2. The van der Waals surface area contributed by atoms with Crippen LogP contribution >= 0.6 is 0 Å². The molecule has 1 unspecified atom stereocenters. The van der Waals surface area contributed by atoms with Gasteiger partial charge in [0.1, 0.15) is 0 Å². The number of carbonyl (C=O) groups excluding carboxylic acids is 1. The highest BCUT2D eigenvalue weighted by molar-refractivity contribution is 5.81. The number of ether oxygens (including phenoxy) is 1. The Morgan fingerprint density at radius 2 is 2.25 bits per heavy atom. The van der Waals surface area contributed by atoms with Crippen molar-refractivity contribution in [2.75, 3.05) is 20.3 Å². The Morgan fingerprint density at radius 1 is 1.56 bits per heavy atom. The van der Waals surface area contributed by atoms with Crippen LogP contribution in [0.3, 0.4) is 0 Å². The maximum atomic E-state index is 11.6. The predicted octanol–water partition coefficient (Wildman–Crippen LogP) is -0.359. The fourth-order valence-electron chi connectivity index (χ4n) is 1.73. The molecule has 5 heteroatoms. The van der Waals surface area contributed by atoms with Crippen LogP contribution in [0, 0.1) is 0 Å². The molecule has 0 saturated heterocycles. The summed E-state index contributed by atoms with van der Waals surface area (Å²) in [5.41, 5.74) is 0. The van der Waals surface area contributed by atoms with Crippen LogP contribution in [-0.4, -0.2) is 49.5 Å². The zero-order valence-electron chi connectivity index (χ0n) is 10.0. The molecule has 16 heavy (non-hydrogen) atoms. The van der Waals surface area contributed by atoms with E-state index in [4.69, 9.17) is 9.84 Å². The first kappa shape index (κ1) is 13.4. The number of carbonyl (C=O) groups is 1. The lowest BCUT2D eigenvalue weighted by atomic mass is 9.89. The number of aliphatic hydroxyl groups excluding tert-OH is 1. The van der Waals surface area contributed by atoms with Crippen LogP contribution in [0.4, 0.5) is 0 Å². The standard InChI is InChI=1S/C11H22N2O3/c1-8(13-9-6-10(14)7-9)11(15)12-4-3-5-16-2/h8-10,13-14H,3-7H2,1-2H3,(H,12,15). The average molecular weight is 230 g/mol. The highest BCUT2D eigenvalue weighted by Crippen LogP contribution is 2.19. The van der Waals surface area contributed by atoms with Gasteiger partial charge in [-0.2, -0.15) is 0 Å². The maximum Gasteiger partial charge on any atom is 0.236 e. The van der Waals surface area contributed by atoms with Gasteiger partial charge in [-0.25, -0.2) is 0 Å². The average Bonchev–Trinajstić information content (AvgIpc) is 2.21. The van der Waals surface area contributed by atoms with Gasteiger partial charge in [-0.05, 0) is 26.2 Å². The lowest BCUT2D eigenvalue weighted by Crippen LogP contribution is -2.52.